The number of nitrogens with zero attached hydrogens (tertiary/aromatic N) is 2. The topological polar surface area (TPSA) is 29.9 Å². The molecule has 3 nitrogen and oxygen atoms in total. The van der Waals surface area contributed by atoms with Crippen molar-refractivity contribution in [3.8, 4) is 5.69 Å². The van der Waals surface area contributed by atoms with E-state index < -0.39 is 0 Å². The molecule has 1 aliphatic carbocycles. The molecule has 1 N–H and O–H groups in total. The van der Waals surface area contributed by atoms with Crippen LogP contribution in [-0.4, -0.2) is 15.8 Å². The summed E-state index contributed by atoms with van der Waals surface area (Å²) in [5.41, 5.74) is 2.66. The summed E-state index contributed by atoms with van der Waals surface area (Å²) >= 11 is 0. The molecular formula is C17H23N3. The van der Waals surface area contributed by atoms with Gasteiger partial charge in [-0.2, -0.15) is 5.10 Å². The zero-order valence-corrected chi connectivity index (χ0v) is 12.3. The van der Waals surface area contributed by atoms with Crippen molar-refractivity contribution in [3.05, 3.63) is 42.7 Å². The minimum Gasteiger partial charge on any atom is -0.380 e. The van der Waals surface area contributed by atoms with Crippen molar-refractivity contribution in [1.29, 1.82) is 0 Å². The van der Waals surface area contributed by atoms with Gasteiger partial charge in [-0.3, -0.25) is 0 Å². The summed E-state index contributed by atoms with van der Waals surface area (Å²) in [5.74, 6) is 0. The van der Waals surface area contributed by atoms with Gasteiger partial charge in [-0.1, -0.05) is 38.8 Å². The number of nitrogens with one attached hydrogen (secondary N) is 1. The van der Waals surface area contributed by atoms with Crippen molar-refractivity contribution in [3.63, 3.8) is 0 Å². The second-order valence-electron chi connectivity index (χ2n) is 6.40. The van der Waals surface area contributed by atoms with Gasteiger partial charge in [0.05, 0.1) is 11.4 Å². The maximum Gasteiger partial charge on any atom is 0.0876 e. The van der Waals surface area contributed by atoms with E-state index in [9.17, 15) is 0 Å². The predicted molar refractivity (Wildman–Crippen MR) is 83.2 cm³/mol. The van der Waals surface area contributed by atoms with Gasteiger partial charge in [0.2, 0.25) is 0 Å². The van der Waals surface area contributed by atoms with E-state index in [4.69, 9.17) is 0 Å². The van der Waals surface area contributed by atoms with Crippen LogP contribution in [0.4, 0.5) is 5.69 Å². The molecule has 2 aromatic rings. The summed E-state index contributed by atoms with van der Waals surface area (Å²) in [5, 5.41) is 8.12. The summed E-state index contributed by atoms with van der Waals surface area (Å²) in [6.45, 7) is 4.75. The number of hydrogen-bond acceptors (Lipinski definition) is 2. The molecule has 1 unspecified atom stereocenters. The Labute approximate surface area is 121 Å². The molecule has 20 heavy (non-hydrogen) atoms. The fourth-order valence-electron chi connectivity index (χ4n) is 3.16. The lowest BCUT2D eigenvalue weighted by Crippen LogP contribution is -2.39. The summed E-state index contributed by atoms with van der Waals surface area (Å²) in [4.78, 5) is 0. The molecule has 1 aliphatic rings. The van der Waals surface area contributed by atoms with Gasteiger partial charge in [-0.15, -0.1) is 0 Å². The van der Waals surface area contributed by atoms with E-state index in [-0.39, 0.29) is 0 Å². The first kappa shape index (κ1) is 13.2. The molecule has 0 saturated heterocycles. The zero-order chi connectivity index (χ0) is 14.0. The second kappa shape index (κ2) is 5.31. The van der Waals surface area contributed by atoms with Crippen LogP contribution in [0.1, 0.15) is 39.5 Å². The van der Waals surface area contributed by atoms with Crippen LogP contribution < -0.4 is 5.32 Å². The molecular weight excluding hydrogens is 246 g/mol. The first-order valence-electron chi connectivity index (χ1n) is 7.52. The van der Waals surface area contributed by atoms with Crippen molar-refractivity contribution in [2.75, 3.05) is 5.32 Å². The predicted octanol–water partition coefficient (Wildman–Crippen LogP) is 4.25. The van der Waals surface area contributed by atoms with Gasteiger partial charge in [-0.05, 0) is 36.5 Å². The van der Waals surface area contributed by atoms with Gasteiger partial charge in [0.1, 0.15) is 0 Å². The Morgan fingerprint density at radius 3 is 2.80 bits per heavy atom. The summed E-state index contributed by atoms with van der Waals surface area (Å²) in [7, 11) is 0. The molecule has 1 aromatic heterocycles. The maximum absolute atomic E-state index is 4.35. The van der Waals surface area contributed by atoms with Crippen molar-refractivity contribution < 1.29 is 0 Å². The Morgan fingerprint density at radius 1 is 1.20 bits per heavy atom. The first-order valence-corrected chi connectivity index (χ1v) is 7.52. The SMILES string of the molecule is CC1(C)CCCCC1Nc1ccccc1-n1cccn1. The van der Waals surface area contributed by atoms with Crippen molar-refractivity contribution in [2.24, 2.45) is 5.41 Å². The van der Waals surface area contributed by atoms with E-state index in [1.165, 1.54) is 31.4 Å². The molecule has 1 aromatic carbocycles. The molecule has 3 rings (SSSR count). The largest absolute Gasteiger partial charge is 0.380 e. The number of benzene rings is 1. The normalized spacial score (nSPS) is 21.6. The summed E-state index contributed by atoms with van der Waals surface area (Å²) in [6.07, 6.45) is 9.04. The van der Waals surface area contributed by atoms with Crippen LogP contribution in [0, 0.1) is 5.41 Å². The molecule has 0 bridgehead atoms. The van der Waals surface area contributed by atoms with Gasteiger partial charge in [0, 0.05) is 18.4 Å². The van der Waals surface area contributed by atoms with Crippen LogP contribution in [0.3, 0.4) is 0 Å². The highest BCUT2D eigenvalue weighted by Crippen LogP contribution is 2.38. The maximum atomic E-state index is 4.35. The Balaban J connectivity index is 1.88. The third-order valence-electron chi connectivity index (χ3n) is 4.49. The standard InChI is InChI=1S/C17H23N3/c1-17(2)11-6-5-10-16(17)19-14-8-3-4-9-15(14)20-13-7-12-18-20/h3-4,7-9,12-13,16,19H,5-6,10-11H2,1-2H3. The van der Waals surface area contributed by atoms with Gasteiger partial charge >= 0.3 is 0 Å². The molecule has 3 heteroatoms. The average molecular weight is 269 g/mol. The summed E-state index contributed by atoms with van der Waals surface area (Å²) < 4.78 is 1.93. The summed E-state index contributed by atoms with van der Waals surface area (Å²) in [6, 6.07) is 10.9. The van der Waals surface area contributed by atoms with E-state index >= 15 is 0 Å². The second-order valence-corrected chi connectivity index (χ2v) is 6.40. The molecule has 0 aliphatic heterocycles. The van der Waals surface area contributed by atoms with Gasteiger partial charge in [-0.25, -0.2) is 4.68 Å². The monoisotopic (exact) mass is 269 g/mol. The third-order valence-corrected chi connectivity index (χ3v) is 4.49. The van der Waals surface area contributed by atoms with Crippen LogP contribution in [-0.2, 0) is 0 Å². The minimum absolute atomic E-state index is 0.357. The minimum atomic E-state index is 0.357. The van der Waals surface area contributed by atoms with E-state index in [0.717, 1.165) is 5.69 Å². The highest BCUT2D eigenvalue weighted by molar-refractivity contribution is 5.61. The van der Waals surface area contributed by atoms with Crippen molar-refractivity contribution in [1.82, 2.24) is 9.78 Å². The lowest BCUT2D eigenvalue weighted by molar-refractivity contribution is 0.217. The number of hydrogen-bond donors (Lipinski definition) is 1. The number of anilines is 1. The number of aromatic nitrogens is 2. The fourth-order valence-corrected chi connectivity index (χ4v) is 3.16. The molecule has 0 spiro atoms. The highest BCUT2D eigenvalue weighted by atomic mass is 15.3. The van der Waals surface area contributed by atoms with E-state index in [0.29, 0.717) is 11.5 Å². The molecule has 1 heterocycles. The van der Waals surface area contributed by atoms with Crippen LogP contribution in [0.5, 0.6) is 0 Å². The van der Waals surface area contributed by atoms with E-state index in [1.54, 1.807) is 0 Å². The van der Waals surface area contributed by atoms with Crippen LogP contribution in [0.15, 0.2) is 42.7 Å². The van der Waals surface area contributed by atoms with Gasteiger partial charge < -0.3 is 5.32 Å². The quantitative estimate of drug-likeness (QED) is 0.902. The molecule has 0 radical (unpaired) electrons. The van der Waals surface area contributed by atoms with Gasteiger partial charge in [0.25, 0.3) is 0 Å². The smallest absolute Gasteiger partial charge is 0.0876 e. The van der Waals surface area contributed by atoms with E-state index in [1.807, 2.05) is 23.1 Å². The molecule has 1 atom stereocenters. The molecule has 106 valence electrons. The Bertz CT molecular complexity index is 557. The lowest BCUT2D eigenvalue weighted by Gasteiger charge is -2.40. The van der Waals surface area contributed by atoms with Gasteiger partial charge in [0.15, 0.2) is 0 Å². The van der Waals surface area contributed by atoms with Crippen molar-refractivity contribution >= 4 is 5.69 Å². The zero-order valence-electron chi connectivity index (χ0n) is 12.3. The van der Waals surface area contributed by atoms with Crippen LogP contribution >= 0.6 is 0 Å². The van der Waals surface area contributed by atoms with Crippen LogP contribution in [0.25, 0.3) is 5.69 Å². The molecule has 1 saturated carbocycles. The first-order chi connectivity index (χ1) is 9.67. The number of para-hydroxylation sites is 2. The third kappa shape index (κ3) is 2.58. The Hall–Kier alpha value is -1.77. The average Bonchev–Trinajstić information content (AvgIpc) is 2.95. The highest BCUT2D eigenvalue weighted by Gasteiger charge is 2.32. The Morgan fingerprint density at radius 2 is 2.05 bits per heavy atom. The molecule has 1 fully saturated rings. The van der Waals surface area contributed by atoms with Crippen molar-refractivity contribution in [2.45, 2.75) is 45.6 Å². The van der Waals surface area contributed by atoms with Crippen LogP contribution in [0.2, 0.25) is 0 Å². The molecule has 0 amide bonds. The lowest BCUT2D eigenvalue weighted by atomic mass is 9.73. The Kier molecular flexibility index (Phi) is 3.51. The number of rotatable bonds is 3. The van der Waals surface area contributed by atoms with E-state index in [2.05, 4.69) is 48.5 Å². The fraction of sp³-hybridized carbons (Fsp3) is 0.471.